The van der Waals surface area contributed by atoms with Gasteiger partial charge < -0.3 is 5.73 Å². The lowest BCUT2D eigenvalue weighted by molar-refractivity contribution is 0.959. The van der Waals surface area contributed by atoms with E-state index in [9.17, 15) is 0 Å². The Kier molecular flexibility index (Phi) is 2.02. The fourth-order valence-electron chi connectivity index (χ4n) is 0.894. The number of hydrogen-bond donors (Lipinski definition) is 1. The van der Waals surface area contributed by atoms with Crippen molar-refractivity contribution in [3.8, 4) is 0 Å². The van der Waals surface area contributed by atoms with E-state index in [2.05, 4.69) is 11.9 Å². The number of pyridine rings is 1. The number of nitrogens with zero attached hydrogens (tertiary/aromatic N) is 1. The molecule has 10 heavy (non-hydrogen) atoms. The highest BCUT2D eigenvalue weighted by Crippen LogP contribution is 2.07. The predicted molar refractivity (Wildman–Crippen MR) is 41.6 cm³/mol. The first-order valence-electron chi connectivity index (χ1n) is 3.37. The zero-order valence-corrected chi connectivity index (χ0v) is 6.39. The summed E-state index contributed by atoms with van der Waals surface area (Å²) in [5.41, 5.74) is 8.93. The van der Waals surface area contributed by atoms with Crippen LogP contribution in [-0.4, -0.2) is 4.98 Å². The number of aromatic nitrogens is 1. The van der Waals surface area contributed by atoms with Crippen molar-refractivity contribution in [2.75, 3.05) is 0 Å². The minimum atomic E-state index is 0.535. The molecule has 2 heteroatoms. The fourth-order valence-corrected chi connectivity index (χ4v) is 0.894. The van der Waals surface area contributed by atoms with Crippen LogP contribution in [0.2, 0.25) is 0 Å². The summed E-state index contributed by atoms with van der Waals surface area (Å²) in [6.45, 7) is 4.65. The maximum atomic E-state index is 5.46. The molecule has 1 aromatic heterocycles. The van der Waals surface area contributed by atoms with E-state index in [-0.39, 0.29) is 0 Å². The van der Waals surface area contributed by atoms with Crippen LogP contribution in [0.25, 0.3) is 0 Å². The average molecular weight is 136 g/mol. The van der Waals surface area contributed by atoms with Crippen LogP contribution in [0.4, 0.5) is 0 Å². The first kappa shape index (κ1) is 7.22. The third kappa shape index (κ3) is 1.16. The van der Waals surface area contributed by atoms with Gasteiger partial charge in [-0.1, -0.05) is 0 Å². The zero-order chi connectivity index (χ0) is 7.56. The molecule has 0 spiro atoms. The first-order chi connectivity index (χ1) is 4.75. The molecule has 0 fully saturated rings. The van der Waals surface area contributed by atoms with Crippen molar-refractivity contribution in [2.45, 2.75) is 20.4 Å². The van der Waals surface area contributed by atoms with Gasteiger partial charge in [0.2, 0.25) is 0 Å². The molecule has 0 atom stereocenters. The second-order valence-corrected chi connectivity index (χ2v) is 2.40. The molecule has 0 radical (unpaired) electrons. The van der Waals surface area contributed by atoms with Crippen molar-refractivity contribution in [1.82, 2.24) is 4.98 Å². The molecular formula is C8H12N2. The monoisotopic (exact) mass is 136 g/mol. The SMILES string of the molecule is Cc1ccnc(CN)c1C. The van der Waals surface area contributed by atoms with Gasteiger partial charge in [-0.05, 0) is 31.0 Å². The summed E-state index contributed by atoms with van der Waals surface area (Å²) in [6, 6.07) is 1.99. The van der Waals surface area contributed by atoms with Crippen LogP contribution in [0.1, 0.15) is 16.8 Å². The van der Waals surface area contributed by atoms with E-state index in [4.69, 9.17) is 5.73 Å². The maximum absolute atomic E-state index is 5.46. The van der Waals surface area contributed by atoms with Crippen molar-refractivity contribution in [1.29, 1.82) is 0 Å². The molecule has 0 aliphatic rings. The molecule has 1 rings (SSSR count). The average Bonchev–Trinajstić information content (AvgIpc) is 1.95. The standard InChI is InChI=1S/C8H12N2/c1-6-3-4-10-8(5-9)7(6)2/h3-4H,5,9H2,1-2H3. The molecule has 1 aromatic rings. The summed E-state index contributed by atoms with van der Waals surface area (Å²) in [5, 5.41) is 0. The van der Waals surface area contributed by atoms with Gasteiger partial charge >= 0.3 is 0 Å². The van der Waals surface area contributed by atoms with E-state index in [0.717, 1.165) is 5.69 Å². The molecule has 2 N–H and O–H groups in total. The van der Waals surface area contributed by atoms with Crippen molar-refractivity contribution < 1.29 is 0 Å². The largest absolute Gasteiger partial charge is 0.325 e. The smallest absolute Gasteiger partial charge is 0.0571 e. The Labute approximate surface area is 61.1 Å². The Balaban J connectivity index is 3.14. The van der Waals surface area contributed by atoms with E-state index in [1.54, 1.807) is 6.20 Å². The van der Waals surface area contributed by atoms with Crippen LogP contribution < -0.4 is 5.73 Å². The highest BCUT2D eigenvalue weighted by molar-refractivity contribution is 5.26. The Hall–Kier alpha value is -0.890. The van der Waals surface area contributed by atoms with E-state index < -0.39 is 0 Å². The lowest BCUT2D eigenvalue weighted by Crippen LogP contribution is -2.02. The molecule has 0 aliphatic carbocycles. The van der Waals surface area contributed by atoms with Crippen molar-refractivity contribution in [3.05, 3.63) is 29.1 Å². The van der Waals surface area contributed by atoms with Gasteiger partial charge in [-0.15, -0.1) is 0 Å². The molecule has 0 unspecified atom stereocenters. The Morgan fingerprint density at radius 2 is 2.20 bits per heavy atom. The molecule has 54 valence electrons. The van der Waals surface area contributed by atoms with Crippen molar-refractivity contribution in [3.63, 3.8) is 0 Å². The first-order valence-corrected chi connectivity index (χ1v) is 3.37. The molecule has 1 heterocycles. The van der Waals surface area contributed by atoms with Gasteiger partial charge in [-0.3, -0.25) is 4.98 Å². The van der Waals surface area contributed by atoms with E-state index in [1.165, 1.54) is 11.1 Å². The summed E-state index contributed by atoms with van der Waals surface area (Å²) in [7, 11) is 0. The quantitative estimate of drug-likeness (QED) is 0.629. The van der Waals surface area contributed by atoms with Gasteiger partial charge in [0, 0.05) is 12.7 Å². The molecule has 0 saturated carbocycles. The van der Waals surface area contributed by atoms with Gasteiger partial charge in [-0.25, -0.2) is 0 Å². The summed E-state index contributed by atoms with van der Waals surface area (Å²) in [4.78, 5) is 4.13. The zero-order valence-electron chi connectivity index (χ0n) is 6.39. The van der Waals surface area contributed by atoms with Crippen molar-refractivity contribution >= 4 is 0 Å². The molecule has 0 bridgehead atoms. The minimum Gasteiger partial charge on any atom is -0.325 e. The lowest BCUT2D eigenvalue weighted by atomic mass is 10.1. The lowest BCUT2D eigenvalue weighted by Gasteiger charge is -2.02. The summed E-state index contributed by atoms with van der Waals surface area (Å²) < 4.78 is 0. The topological polar surface area (TPSA) is 38.9 Å². The number of rotatable bonds is 1. The predicted octanol–water partition coefficient (Wildman–Crippen LogP) is 1.16. The van der Waals surface area contributed by atoms with E-state index in [1.807, 2.05) is 13.0 Å². The molecule has 0 amide bonds. The van der Waals surface area contributed by atoms with Gasteiger partial charge in [0.25, 0.3) is 0 Å². The maximum Gasteiger partial charge on any atom is 0.0571 e. The molecule has 0 aliphatic heterocycles. The molecule has 0 aromatic carbocycles. The van der Waals surface area contributed by atoms with Gasteiger partial charge in [-0.2, -0.15) is 0 Å². The van der Waals surface area contributed by atoms with Crippen LogP contribution in [0, 0.1) is 13.8 Å². The third-order valence-electron chi connectivity index (χ3n) is 1.77. The number of aryl methyl sites for hydroxylation is 1. The summed E-state index contributed by atoms with van der Waals surface area (Å²) in [6.07, 6.45) is 1.80. The van der Waals surface area contributed by atoms with Gasteiger partial charge in [0.15, 0.2) is 0 Å². The molecule has 2 nitrogen and oxygen atoms in total. The third-order valence-corrected chi connectivity index (χ3v) is 1.77. The Morgan fingerprint density at radius 1 is 1.50 bits per heavy atom. The Morgan fingerprint density at radius 3 is 2.70 bits per heavy atom. The van der Waals surface area contributed by atoms with Crippen molar-refractivity contribution in [2.24, 2.45) is 5.73 Å². The van der Waals surface area contributed by atoms with Crippen LogP contribution in [0.5, 0.6) is 0 Å². The van der Waals surface area contributed by atoms with Gasteiger partial charge in [0.1, 0.15) is 0 Å². The number of nitrogens with two attached hydrogens (primary N) is 1. The second-order valence-electron chi connectivity index (χ2n) is 2.40. The summed E-state index contributed by atoms with van der Waals surface area (Å²) in [5.74, 6) is 0. The van der Waals surface area contributed by atoms with Crippen LogP contribution in [-0.2, 0) is 6.54 Å². The Bertz CT molecular complexity index is 231. The normalized spacial score (nSPS) is 9.90. The van der Waals surface area contributed by atoms with Crippen LogP contribution in [0.15, 0.2) is 12.3 Å². The highest BCUT2D eigenvalue weighted by Gasteiger charge is 1.97. The number of hydrogen-bond acceptors (Lipinski definition) is 2. The van der Waals surface area contributed by atoms with Crippen LogP contribution >= 0.6 is 0 Å². The van der Waals surface area contributed by atoms with E-state index in [0.29, 0.717) is 6.54 Å². The summed E-state index contributed by atoms with van der Waals surface area (Å²) >= 11 is 0. The van der Waals surface area contributed by atoms with Gasteiger partial charge in [0.05, 0.1) is 5.69 Å². The molecule has 0 saturated heterocycles. The highest BCUT2D eigenvalue weighted by atomic mass is 14.7. The van der Waals surface area contributed by atoms with Crippen LogP contribution in [0.3, 0.4) is 0 Å². The van der Waals surface area contributed by atoms with E-state index >= 15 is 0 Å². The fraction of sp³-hybridized carbons (Fsp3) is 0.375. The molecular weight excluding hydrogens is 124 g/mol. The minimum absolute atomic E-state index is 0.535. The second kappa shape index (κ2) is 2.80.